The summed E-state index contributed by atoms with van der Waals surface area (Å²) in [7, 11) is 3.10. The van der Waals surface area contributed by atoms with Gasteiger partial charge in [0.2, 0.25) is 11.8 Å². The van der Waals surface area contributed by atoms with Gasteiger partial charge >= 0.3 is 0 Å². The lowest BCUT2D eigenvalue weighted by molar-refractivity contribution is -0.114. The van der Waals surface area contributed by atoms with Crippen molar-refractivity contribution in [1.82, 2.24) is 0 Å². The summed E-state index contributed by atoms with van der Waals surface area (Å²) in [6.07, 6.45) is 3.06. The van der Waals surface area contributed by atoms with Crippen LogP contribution in [0.25, 0.3) is 6.08 Å². The molecule has 0 aliphatic rings. The summed E-state index contributed by atoms with van der Waals surface area (Å²) in [5.74, 6) is 0.668. The second-order valence-corrected chi connectivity index (χ2v) is 5.16. The molecule has 0 radical (unpaired) electrons. The molecule has 6 heteroatoms. The summed E-state index contributed by atoms with van der Waals surface area (Å²) in [6.45, 7) is 1.40. The number of methoxy groups -OCH3 is 2. The molecular weight excluding hydrogens is 320 g/mol. The molecule has 2 aromatic rings. The number of carbonyl (C=O) groups is 2. The van der Waals surface area contributed by atoms with E-state index in [9.17, 15) is 9.59 Å². The summed E-state index contributed by atoms with van der Waals surface area (Å²) in [4.78, 5) is 23.5. The summed E-state index contributed by atoms with van der Waals surface area (Å²) < 4.78 is 10.4. The van der Waals surface area contributed by atoms with E-state index in [4.69, 9.17) is 9.47 Å². The zero-order valence-corrected chi connectivity index (χ0v) is 14.3. The zero-order chi connectivity index (χ0) is 18.2. The highest BCUT2D eigenvalue weighted by molar-refractivity contribution is 6.05. The lowest BCUT2D eigenvalue weighted by Crippen LogP contribution is -2.13. The summed E-state index contributed by atoms with van der Waals surface area (Å²) in [6, 6.07) is 12.4. The maximum atomic E-state index is 12.2. The summed E-state index contributed by atoms with van der Waals surface area (Å²) in [5, 5.41) is 5.41. The number of rotatable bonds is 6. The number of amides is 2. The van der Waals surface area contributed by atoms with E-state index in [2.05, 4.69) is 10.6 Å². The van der Waals surface area contributed by atoms with Crippen molar-refractivity contribution in [2.24, 2.45) is 0 Å². The van der Waals surface area contributed by atoms with Gasteiger partial charge < -0.3 is 20.1 Å². The van der Waals surface area contributed by atoms with Crippen LogP contribution in [0, 0.1) is 0 Å². The number of ether oxygens (including phenoxy) is 2. The summed E-state index contributed by atoms with van der Waals surface area (Å²) >= 11 is 0. The van der Waals surface area contributed by atoms with Gasteiger partial charge in [0.05, 0.1) is 25.6 Å². The van der Waals surface area contributed by atoms with Crippen molar-refractivity contribution >= 4 is 29.3 Å². The first-order chi connectivity index (χ1) is 12.0. The van der Waals surface area contributed by atoms with Gasteiger partial charge in [-0.05, 0) is 24.3 Å². The Morgan fingerprint density at radius 3 is 2.40 bits per heavy atom. The zero-order valence-electron chi connectivity index (χ0n) is 14.3. The SMILES string of the molecule is COc1ccc(NC(C)=O)c(NC(=O)C=Cc2ccccc2OC)c1. The predicted octanol–water partition coefficient (Wildman–Crippen LogP) is 3.31. The molecule has 2 aromatic carbocycles. The van der Waals surface area contributed by atoms with Crippen LogP contribution in [0.15, 0.2) is 48.5 Å². The van der Waals surface area contributed by atoms with Gasteiger partial charge in [-0.25, -0.2) is 0 Å². The van der Waals surface area contributed by atoms with E-state index >= 15 is 0 Å². The molecule has 0 aliphatic carbocycles. The minimum Gasteiger partial charge on any atom is -0.497 e. The van der Waals surface area contributed by atoms with Gasteiger partial charge in [-0.3, -0.25) is 9.59 Å². The van der Waals surface area contributed by atoms with E-state index in [-0.39, 0.29) is 11.8 Å². The molecule has 2 rings (SSSR count). The van der Waals surface area contributed by atoms with Crippen molar-refractivity contribution in [2.75, 3.05) is 24.9 Å². The van der Waals surface area contributed by atoms with Crippen LogP contribution in [0.2, 0.25) is 0 Å². The molecule has 130 valence electrons. The molecule has 0 aromatic heterocycles. The smallest absolute Gasteiger partial charge is 0.248 e. The number of nitrogens with one attached hydrogen (secondary N) is 2. The molecule has 0 heterocycles. The van der Waals surface area contributed by atoms with Crippen molar-refractivity contribution < 1.29 is 19.1 Å². The van der Waals surface area contributed by atoms with Crippen molar-refractivity contribution in [3.8, 4) is 11.5 Å². The van der Waals surface area contributed by atoms with Gasteiger partial charge in [0.25, 0.3) is 0 Å². The predicted molar refractivity (Wildman–Crippen MR) is 98.0 cm³/mol. The number of para-hydroxylation sites is 1. The largest absolute Gasteiger partial charge is 0.497 e. The first-order valence-corrected chi connectivity index (χ1v) is 7.61. The second kappa shape index (κ2) is 8.54. The Labute approximate surface area is 146 Å². The molecule has 0 fully saturated rings. The molecule has 2 amide bonds. The molecule has 2 N–H and O–H groups in total. The highest BCUT2D eigenvalue weighted by atomic mass is 16.5. The molecule has 0 aliphatic heterocycles. The van der Waals surface area contributed by atoms with Gasteiger partial charge in [-0.15, -0.1) is 0 Å². The Bertz CT molecular complexity index is 800. The van der Waals surface area contributed by atoms with Crippen molar-refractivity contribution in [3.05, 3.63) is 54.1 Å². The number of anilines is 2. The van der Waals surface area contributed by atoms with Crippen LogP contribution in [0.3, 0.4) is 0 Å². The summed E-state index contributed by atoms with van der Waals surface area (Å²) in [5.41, 5.74) is 1.73. The Balaban J connectivity index is 2.19. The van der Waals surface area contributed by atoms with Gasteiger partial charge in [-0.1, -0.05) is 18.2 Å². The highest BCUT2D eigenvalue weighted by Crippen LogP contribution is 2.27. The maximum absolute atomic E-state index is 12.2. The molecule has 6 nitrogen and oxygen atoms in total. The third-order valence-electron chi connectivity index (χ3n) is 3.35. The molecule has 0 unspecified atom stereocenters. The molecule has 0 bridgehead atoms. The Morgan fingerprint density at radius 2 is 1.72 bits per heavy atom. The fourth-order valence-corrected chi connectivity index (χ4v) is 2.20. The Morgan fingerprint density at radius 1 is 0.960 bits per heavy atom. The number of hydrogen-bond donors (Lipinski definition) is 2. The van der Waals surface area contributed by atoms with E-state index in [0.29, 0.717) is 22.9 Å². The molecule has 25 heavy (non-hydrogen) atoms. The van der Waals surface area contributed by atoms with Gasteiger partial charge in [0.15, 0.2) is 0 Å². The van der Waals surface area contributed by atoms with E-state index in [1.165, 1.54) is 20.1 Å². The number of carbonyl (C=O) groups excluding carboxylic acids is 2. The maximum Gasteiger partial charge on any atom is 0.248 e. The average Bonchev–Trinajstić information content (AvgIpc) is 2.61. The number of benzene rings is 2. The van der Waals surface area contributed by atoms with E-state index in [1.54, 1.807) is 31.4 Å². The lowest BCUT2D eigenvalue weighted by Gasteiger charge is -2.12. The van der Waals surface area contributed by atoms with Crippen LogP contribution < -0.4 is 20.1 Å². The van der Waals surface area contributed by atoms with E-state index in [1.807, 2.05) is 24.3 Å². The number of hydrogen-bond acceptors (Lipinski definition) is 4. The second-order valence-electron chi connectivity index (χ2n) is 5.16. The van der Waals surface area contributed by atoms with Gasteiger partial charge in [-0.2, -0.15) is 0 Å². The van der Waals surface area contributed by atoms with Crippen LogP contribution in [0.1, 0.15) is 12.5 Å². The molecular formula is C19H20N2O4. The van der Waals surface area contributed by atoms with E-state index in [0.717, 1.165) is 5.56 Å². The Kier molecular flexibility index (Phi) is 6.17. The van der Waals surface area contributed by atoms with Crippen LogP contribution >= 0.6 is 0 Å². The fourth-order valence-electron chi connectivity index (χ4n) is 2.20. The fraction of sp³-hybridized carbons (Fsp3) is 0.158. The third-order valence-corrected chi connectivity index (χ3v) is 3.35. The normalized spacial score (nSPS) is 10.4. The quantitative estimate of drug-likeness (QED) is 0.791. The van der Waals surface area contributed by atoms with Gasteiger partial charge in [0, 0.05) is 24.6 Å². The van der Waals surface area contributed by atoms with Crippen molar-refractivity contribution in [1.29, 1.82) is 0 Å². The van der Waals surface area contributed by atoms with Crippen molar-refractivity contribution in [3.63, 3.8) is 0 Å². The first-order valence-electron chi connectivity index (χ1n) is 7.61. The van der Waals surface area contributed by atoms with E-state index < -0.39 is 0 Å². The van der Waals surface area contributed by atoms with Crippen LogP contribution in [-0.2, 0) is 9.59 Å². The van der Waals surface area contributed by atoms with Crippen LogP contribution in [0.5, 0.6) is 11.5 Å². The topological polar surface area (TPSA) is 76.7 Å². The molecule has 0 saturated heterocycles. The van der Waals surface area contributed by atoms with Crippen LogP contribution in [0.4, 0.5) is 11.4 Å². The Hall–Kier alpha value is -3.28. The van der Waals surface area contributed by atoms with Crippen LogP contribution in [-0.4, -0.2) is 26.0 Å². The molecule has 0 spiro atoms. The van der Waals surface area contributed by atoms with Crippen molar-refractivity contribution in [2.45, 2.75) is 6.92 Å². The van der Waals surface area contributed by atoms with Gasteiger partial charge in [0.1, 0.15) is 11.5 Å². The standard InChI is InChI=1S/C19H20N2O4/c1-13(22)20-16-10-9-15(24-2)12-17(16)21-19(23)11-8-14-6-4-5-7-18(14)25-3/h4-12H,1-3H3,(H,20,22)(H,21,23). The lowest BCUT2D eigenvalue weighted by atomic mass is 10.2. The molecule has 0 saturated carbocycles. The minimum absolute atomic E-state index is 0.231. The molecule has 0 atom stereocenters. The average molecular weight is 340 g/mol. The first kappa shape index (κ1) is 18.1. The monoisotopic (exact) mass is 340 g/mol. The highest BCUT2D eigenvalue weighted by Gasteiger charge is 2.08. The third kappa shape index (κ3) is 5.10. The minimum atomic E-state index is -0.342.